The number of hydrogen-bond donors (Lipinski definition) is 1. The second kappa shape index (κ2) is 7.58. The van der Waals surface area contributed by atoms with Gasteiger partial charge in [0, 0.05) is 16.1 Å². The van der Waals surface area contributed by atoms with Crippen LogP contribution < -0.4 is 5.32 Å². The molecule has 0 radical (unpaired) electrons. The van der Waals surface area contributed by atoms with E-state index in [1.165, 1.54) is 4.52 Å². The van der Waals surface area contributed by atoms with Gasteiger partial charge in [-0.2, -0.15) is 4.52 Å². The molecule has 160 valence electrons. The Bertz CT molecular complexity index is 1600. The molecule has 0 spiro atoms. The SMILES string of the molecule is Cc1ccc(S(=O)(=O)c2nnn3c2nc(Nc2ccccc2)c2cc(Cl)ccc23)cc1C. The number of halogens is 1. The van der Waals surface area contributed by atoms with E-state index < -0.39 is 9.84 Å². The molecule has 0 amide bonds. The predicted octanol–water partition coefficient (Wildman–Crippen LogP) is 5.12. The lowest BCUT2D eigenvalue weighted by Crippen LogP contribution is -2.06. The Labute approximate surface area is 189 Å². The van der Waals surface area contributed by atoms with E-state index in [2.05, 4.69) is 20.6 Å². The molecule has 5 rings (SSSR count). The maximum Gasteiger partial charge on any atom is 0.229 e. The number of aromatic nitrogens is 4. The van der Waals surface area contributed by atoms with E-state index in [9.17, 15) is 8.42 Å². The van der Waals surface area contributed by atoms with Crippen molar-refractivity contribution in [2.24, 2.45) is 0 Å². The van der Waals surface area contributed by atoms with E-state index >= 15 is 0 Å². The summed E-state index contributed by atoms with van der Waals surface area (Å²) < 4.78 is 28.3. The Morgan fingerprint density at radius 2 is 1.72 bits per heavy atom. The van der Waals surface area contributed by atoms with E-state index in [0.717, 1.165) is 16.8 Å². The number of aryl methyl sites for hydroxylation is 2. The molecule has 0 aliphatic rings. The van der Waals surface area contributed by atoms with Crippen molar-refractivity contribution in [2.45, 2.75) is 23.8 Å². The summed E-state index contributed by atoms with van der Waals surface area (Å²) in [6.07, 6.45) is 0. The quantitative estimate of drug-likeness (QED) is 0.397. The van der Waals surface area contributed by atoms with Gasteiger partial charge < -0.3 is 5.32 Å². The summed E-state index contributed by atoms with van der Waals surface area (Å²) in [5, 5.41) is 12.4. The van der Waals surface area contributed by atoms with Crippen LogP contribution in [0.2, 0.25) is 5.02 Å². The number of fused-ring (bicyclic) bond motifs is 3. The average Bonchev–Trinajstić information content (AvgIpc) is 3.21. The van der Waals surface area contributed by atoms with Gasteiger partial charge in [0.15, 0.2) is 5.65 Å². The monoisotopic (exact) mass is 463 g/mol. The summed E-state index contributed by atoms with van der Waals surface area (Å²) in [4.78, 5) is 4.77. The van der Waals surface area contributed by atoms with Crippen molar-refractivity contribution in [3.05, 3.63) is 82.9 Å². The van der Waals surface area contributed by atoms with E-state index in [-0.39, 0.29) is 15.6 Å². The standard InChI is InChI=1S/C23H18ClN5O2S/c1-14-8-10-18(12-15(14)2)32(30,31)23-22-26-21(25-17-6-4-3-5-7-17)19-13-16(24)9-11-20(19)29(22)28-27-23/h3-13H,1-2H3,(H,25,26). The summed E-state index contributed by atoms with van der Waals surface area (Å²) in [6.45, 7) is 3.80. The highest BCUT2D eigenvalue weighted by Crippen LogP contribution is 2.31. The van der Waals surface area contributed by atoms with Crippen LogP contribution in [0.5, 0.6) is 0 Å². The minimum atomic E-state index is -3.94. The van der Waals surface area contributed by atoms with Crippen molar-refractivity contribution in [2.75, 3.05) is 5.32 Å². The Balaban J connectivity index is 1.76. The number of nitrogens with one attached hydrogen (secondary N) is 1. The number of benzene rings is 3. The Morgan fingerprint density at radius 1 is 0.938 bits per heavy atom. The molecule has 2 heterocycles. The fourth-order valence-corrected chi connectivity index (χ4v) is 4.98. The van der Waals surface area contributed by atoms with Gasteiger partial charge in [0.05, 0.1) is 10.4 Å². The first-order valence-corrected chi connectivity index (χ1v) is 11.7. The van der Waals surface area contributed by atoms with Crippen LogP contribution in [-0.2, 0) is 9.84 Å². The molecule has 1 N–H and O–H groups in total. The molecule has 0 saturated carbocycles. The van der Waals surface area contributed by atoms with Crippen molar-refractivity contribution in [1.82, 2.24) is 19.8 Å². The first-order chi connectivity index (χ1) is 15.3. The van der Waals surface area contributed by atoms with Gasteiger partial charge in [-0.25, -0.2) is 13.4 Å². The van der Waals surface area contributed by atoms with Gasteiger partial charge in [0.2, 0.25) is 14.9 Å². The third-order valence-electron chi connectivity index (χ3n) is 5.36. The summed E-state index contributed by atoms with van der Waals surface area (Å²) in [6, 6.07) is 19.7. The van der Waals surface area contributed by atoms with Crippen LogP contribution in [0, 0.1) is 13.8 Å². The predicted molar refractivity (Wildman–Crippen MR) is 124 cm³/mol. The smallest absolute Gasteiger partial charge is 0.229 e. The van der Waals surface area contributed by atoms with Gasteiger partial charge in [-0.15, -0.1) is 5.10 Å². The highest BCUT2D eigenvalue weighted by Gasteiger charge is 2.27. The molecule has 0 saturated heterocycles. The van der Waals surface area contributed by atoms with Crippen LogP contribution >= 0.6 is 11.6 Å². The van der Waals surface area contributed by atoms with Crippen LogP contribution in [0.25, 0.3) is 16.6 Å². The van der Waals surface area contributed by atoms with Crippen molar-refractivity contribution < 1.29 is 8.42 Å². The first-order valence-electron chi connectivity index (χ1n) is 9.84. The fourth-order valence-electron chi connectivity index (χ4n) is 3.49. The van der Waals surface area contributed by atoms with E-state index in [1.54, 1.807) is 36.4 Å². The van der Waals surface area contributed by atoms with Crippen LogP contribution in [0.4, 0.5) is 11.5 Å². The maximum atomic E-state index is 13.4. The Morgan fingerprint density at radius 3 is 2.47 bits per heavy atom. The average molecular weight is 464 g/mol. The molecule has 9 heteroatoms. The normalized spacial score (nSPS) is 11.8. The van der Waals surface area contributed by atoms with Crippen molar-refractivity contribution in [1.29, 1.82) is 0 Å². The summed E-state index contributed by atoms with van der Waals surface area (Å²) in [5.41, 5.74) is 3.45. The number of rotatable bonds is 4. The van der Waals surface area contributed by atoms with Crippen molar-refractivity contribution >= 4 is 49.5 Å². The summed E-state index contributed by atoms with van der Waals surface area (Å²) >= 11 is 6.23. The van der Waals surface area contributed by atoms with Crippen LogP contribution in [-0.4, -0.2) is 28.2 Å². The molecule has 2 aromatic heterocycles. The minimum absolute atomic E-state index is 0.136. The molecule has 32 heavy (non-hydrogen) atoms. The van der Waals surface area contributed by atoms with Gasteiger partial charge in [-0.1, -0.05) is 41.1 Å². The topological polar surface area (TPSA) is 89.2 Å². The van der Waals surface area contributed by atoms with Gasteiger partial charge in [-0.05, 0) is 67.4 Å². The van der Waals surface area contributed by atoms with Crippen LogP contribution in [0.15, 0.2) is 76.7 Å². The molecule has 5 aromatic rings. The zero-order valence-corrected chi connectivity index (χ0v) is 18.8. The molecule has 3 aromatic carbocycles. The molecule has 0 aliphatic heterocycles. The van der Waals surface area contributed by atoms with Gasteiger partial charge in [0.1, 0.15) is 5.82 Å². The molecule has 0 bridgehead atoms. The largest absolute Gasteiger partial charge is 0.340 e. The van der Waals surface area contributed by atoms with Gasteiger partial charge in [0.25, 0.3) is 0 Å². The molecule has 7 nitrogen and oxygen atoms in total. The number of sulfone groups is 1. The zero-order chi connectivity index (χ0) is 22.5. The first kappa shape index (κ1) is 20.4. The molecular formula is C23H18ClN5O2S. The van der Waals surface area contributed by atoms with E-state index in [4.69, 9.17) is 11.6 Å². The lowest BCUT2D eigenvalue weighted by Gasteiger charge is -2.11. The van der Waals surface area contributed by atoms with E-state index in [1.807, 2.05) is 44.2 Å². The number of para-hydroxylation sites is 1. The molecular weight excluding hydrogens is 446 g/mol. The van der Waals surface area contributed by atoms with Crippen LogP contribution in [0.1, 0.15) is 11.1 Å². The van der Waals surface area contributed by atoms with Crippen molar-refractivity contribution in [3.8, 4) is 0 Å². The Hall–Kier alpha value is -3.49. The zero-order valence-electron chi connectivity index (χ0n) is 17.2. The molecule has 0 atom stereocenters. The highest BCUT2D eigenvalue weighted by molar-refractivity contribution is 7.91. The van der Waals surface area contributed by atoms with E-state index in [0.29, 0.717) is 21.7 Å². The van der Waals surface area contributed by atoms with Crippen molar-refractivity contribution in [3.63, 3.8) is 0 Å². The van der Waals surface area contributed by atoms with Gasteiger partial charge >= 0.3 is 0 Å². The summed E-state index contributed by atoms with van der Waals surface area (Å²) in [5.74, 6) is 0.458. The minimum Gasteiger partial charge on any atom is -0.340 e. The highest BCUT2D eigenvalue weighted by atomic mass is 35.5. The van der Waals surface area contributed by atoms with Crippen LogP contribution in [0.3, 0.4) is 0 Å². The second-order valence-electron chi connectivity index (χ2n) is 7.49. The number of anilines is 2. The summed E-state index contributed by atoms with van der Waals surface area (Å²) in [7, 11) is -3.94. The lowest BCUT2D eigenvalue weighted by atomic mass is 10.1. The molecule has 0 fully saturated rings. The maximum absolute atomic E-state index is 13.4. The second-order valence-corrected chi connectivity index (χ2v) is 9.79. The third kappa shape index (κ3) is 3.37. The number of hydrogen-bond acceptors (Lipinski definition) is 6. The molecule has 0 unspecified atom stereocenters. The fraction of sp³-hybridized carbons (Fsp3) is 0.0870. The molecule has 0 aliphatic carbocycles. The number of nitrogens with zero attached hydrogens (tertiary/aromatic N) is 4. The Kier molecular flexibility index (Phi) is 4.83. The lowest BCUT2D eigenvalue weighted by molar-refractivity contribution is 0.592. The van der Waals surface area contributed by atoms with Gasteiger partial charge in [-0.3, -0.25) is 0 Å². The third-order valence-corrected chi connectivity index (χ3v) is 7.24.